The van der Waals surface area contributed by atoms with Gasteiger partial charge < -0.3 is 15.8 Å². The summed E-state index contributed by atoms with van der Waals surface area (Å²) >= 11 is 1.68. The Morgan fingerprint density at radius 3 is 2.67 bits per heavy atom. The number of hydrogen-bond donors (Lipinski definition) is 2. The van der Waals surface area contributed by atoms with Crippen LogP contribution in [0.15, 0.2) is 41.1 Å². The van der Waals surface area contributed by atoms with Gasteiger partial charge in [0.15, 0.2) is 6.61 Å². The first-order valence-corrected chi connectivity index (χ1v) is 6.44. The van der Waals surface area contributed by atoms with Crippen LogP contribution in [0.2, 0.25) is 0 Å². The van der Waals surface area contributed by atoms with E-state index >= 15 is 0 Å². The molecule has 18 heavy (non-hydrogen) atoms. The monoisotopic (exact) mass is 262 g/mol. The van der Waals surface area contributed by atoms with Crippen molar-refractivity contribution in [3.05, 3.63) is 46.7 Å². The van der Waals surface area contributed by atoms with Gasteiger partial charge in [0, 0.05) is 12.2 Å². The number of hydrogen-bond acceptors (Lipinski definition) is 4. The fourth-order valence-corrected chi connectivity index (χ4v) is 2.09. The van der Waals surface area contributed by atoms with Crippen LogP contribution in [0.1, 0.15) is 5.56 Å². The fraction of sp³-hybridized carbons (Fsp3) is 0.154. The highest BCUT2D eigenvalue weighted by molar-refractivity contribution is 7.07. The molecule has 3 N–H and O–H groups in total. The molecule has 1 aromatic carbocycles. The van der Waals surface area contributed by atoms with Gasteiger partial charge in [0.25, 0.3) is 5.91 Å². The number of nitrogens with two attached hydrogens (primary N) is 1. The predicted molar refractivity (Wildman–Crippen MR) is 72.8 cm³/mol. The molecule has 0 radical (unpaired) electrons. The molecule has 0 bridgehead atoms. The number of carbonyl (C=O) groups excluding carboxylic acids is 1. The molecule has 1 amide bonds. The third-order valence-corrected chi connectivity index (χ3v) is 3.04. The first kappa shape index (κ1) is 12.4. The molecule has 0 spiro atoms. The summed E-state index contributed by atoms with van der Waals surface area (Å²) in [7, 11) is 0. The van der Waals surface area contributed by atoms with Gasteiger partial charge in [-0.1, -0.05) is 0 Å². The van der Waals surface area contributed by atoms with E-state index in [0.717, 1.165) is 12.2 Å². The molecule has 0 aliphatic rings. The lowest BCUT2D eigenvalue weighted by Gasteiger charge is -2.07. The molecule has 0 atom stereocenters. The average Bonchev–Trinajstić information content (AvgIpc) is 2.88. The summed E-state index contributed by atoms with van der Waals surface area (Å²) in [6, 6.07) is 9.51. The molecule has 0 fully saturated rings. The van der Waals surface area contributed by atoms with E-state index in [1.54, 1.807) is 23.5 Å². The van der Waals surface area contributed by atoms with Crippen LogP contribution in [0.25, 0.3) is 0 Å². The normalized spacial score (nSPS) is 10.0. The van der Waals surface area contributed by atoms with Crippen molar-refractivity contribution in [1.82, 2.24) is 0 Å². The average molecular weight is 262 g/mol. The molecule has 2 rings (SSSR count). The third kappa shape index (κ3) is 3.78. The van der Waals surface area contributed by atoms with Crippen molar-refractivity contribution in [1.29, 1.82) is 0 Å². The van der Waals surface area contributed by atoms with E-state index in [0.29, 0.717) is 5.75 Å². The van der Waals surface area contributed by atoms with Crippen molar-refractivity contribution in [2.45, 2.75) is 6.54 Å². The molecule has 1 aromatic heterocycles. The Balaban J connectivity index is 1.85. The molecular formula is C13H14N2O2S. The summed E-state index contributed by atoms with van der Waals surface area (Å²) in [4.78, 5) is 10.6. The summed E-state index contributed by atoms with van der Waals surface area (Å²) in [5.74, 6) is 0.157. The van der Waals surface area contributed by atoms with E-state index in [2.05, 4.69) is 22.1 Å². The standard InChI is InChI=1S/C13H14N2O2S/c14-13(16)8-17-12-3-1-11(2-4-12)15-7-10-5-6-18-9-10/h1-6,9,15H,7-8H2,(H2,14,16). The van der Waals surface area contributed by atoms with E-state index < -0.39 is 5.91 Å². The highest BCUT2D eigenvalue weighted by Gasteiger charge is 1.98. The summed E-state index contributed by atoms with van der Waals surface area (Å²) < 4.78 is 5.17. The maximum absolute atomic E-state index is 10.6. The molecule has 0 aliphatic heterocycles. The molecule has 4 nitrogen and oxygen atoms in total. The Hall–Kier alpha value is -2.01. The maximum atomic E-state index is 10.6. The quantitative estimate of drug-likeness (QED) is 0.839. The smallest absolute Gasteiger partial charge is 0.255 e. The Morgan fingerprint density at radius 1 is 1.28 bits per heavy atom. The second-order valence-electron chi connectivity index (χ2n) is 3.76. The zero-order valence-corrected chi connectivity index (χ0v) is 10.6. The SMILES string of the molecule is NC(=O)COc1ccc(NCc2ccsc2)cc1. The van der Waals surface area contributed by atoms with Gasteiger partial charge in [-0.2, -0.15) is 11.3 Å². The van der Waals surface area contributed by atoms with Gasteiger partial charge in [-0.05, 0) is 46.7 Å². The minimum absolute atomic E-state index is 0.0956. The number of ether oxygens (including phenoxy) is 1. The van der Waals surface area contributed by atoms with Gasteiger partial charge in [-0.15, -0.1) is 0 Å². The Morgan fingerprint density at radius 2 is 2.06 bits per heavy atom. The number of rotatable bonds is 6. The lowest BCUT2D eigenvalue weighted by Crippen LogP contribution is -2.19. The zero-order chi connectivity index (χ0) is 12.8. The van der Waals surface area contributed by atoms with E-state index in [1.807, 2.05) is 12.1 Å². The molecule has 0 unspecified atom stereocenters. The van der Waals surface area contributed by atoms with Crippen molar-refractivity contribution in [2.75, 3.05) is 11.9 Å². The Bertz CT molecular complexity index is 494. The largest absolute Gasteiger partial charge is 0.484 e. The lowest BCUT2D eigenvalue weighted by atomic mass is 10.3. The molecule has 94 valence electrons. The number of primary amides is 1. The maximum Gasteiger partial charge on any atom is 0.255 e. The van der Waals surface area contributed by atoms with E-state index in [-0.39, 0.29) is 6.61 Å². The highest BCUT2D eigenvalue weighted by Crippen LogP contribution is 2.16. The van der Waals surface area contributed by atoms with Crippen molar-refractivity contribution >= 4 is 22.9 Å². The summed E-state index contributed by atoms with van der Waals surface area (Å²) in [6.45, 7) is 0.701. The topological polar surface area (TPSA) is 64.4 Å². The molecule has 0 saturated carbocycles. The number of carbonyl (C=O) groups is 1. The molecule has 5 heteroatoms. The van der Waals surface area contributed by atoms with Gasteiger partial charge in [-0.3, -0.25) is 4.79 Å². The number of nitrogens with one attached hydrogen (secondary N) is 1. The molecule has 0 saturated heterocycles. The summed E-state index contributed by atoms with van der Waals surface area (Å²) in [5, 5.41) is 7.46. The Kier molecular flexibility index (Phi) is 4.20. The molecule has 1 heterocycles. The minimum atomic E-state index is -0.477. The van der Waals surface area contributed by atoms with Crippen LogP contribution in [0.5, 0.6) is 5.75 Å². The lowest BCUT2D eigenvalue weighted by molar-refractivity contribution is -0.119. The molecular weight excluding hydrogens is 248 g/mol. The number of anilines is 1. The van der Waals surface area contributed by atoms with Crippen molar-refractivity contribution in [3.8, 4) is 5.75 Å². The second kappa shape index (κ2) is 6.07. The highest BCUT2D eigenvalue weighted by atomic mass is 32.1. The van der Waals surface area contributed by atoms with Crippen LogP contribution >= 0.6 is 11.3 Å². The van der Waals surface area contributed by atoms with Crippen LogP contribution in [0.4, 0.5) is 5.69 Å². The third-order valence-electron chi connectivity index (χ3n) is 2.31. The summed E-state index contributed by atoms with van der Waals surface area (Å²) in [6.07, 6.45) is 0. The van der Waals surface area contributed by atoms with Crippen LogP contribution in [-0.4, -0.2) is 12.5 Å². The second-order valence-corrected chi connectivity index (χ2v) is 4.54. The van der Waals surface area contributed by atoms with E-state index in [1.165, 1.54) is 5.56 Å². The van der Waals surface area contributed by atoms with Gasteiger partial charge in [0.2, 0.25) is 0 Å². The van der Waals surface area contributed by atoms with Crippen molar-refractivity contribution < 1.29 is 9.53 Å². The van der Waals surface area contributed by atoms with Crippen LogP contribution in [-0.2, 0) is 11.3 Å². The van der Waals surface area contributed by atoms with Crippen molar-refractivity contribution in [2.24, 2.45) is 5.73 Å². The minimum Gasteiger partial charge on any atom is -0.484 e. The molecule has 0 aliphatic carbocycles. The van der Waals surface area contributed by atoms with Crippen LogP contribution < -0.4 is 15.8 Å². The van der Waals surface area contributed by atoms with E-state index in [9.17, 15) is 4.79 Å². The number of thiophene rings is 1. The van der Waals surface area contributed by atoms with Crippen molar-refractivity contribution in [3.63, 3.8) is 0 Å². The number of amides is 1. The van der Waals surface area contributed by atoms with Crippen LogP contribution in [0, 0.1) is 0 Å². The van der Waals surface area contributed by atoms with Gasteiger partial charge >= 0.3 is 0 Å². The van der Waals surface area contributed by atoms with Gasteiger partial charge in [-0.25, -0.2) is 0 Å². The summed E-state index contributed by atoms with van der Waals surface area (Å²) in [5.41, 5.74) is 7.26. The van der Waals surface area contributed by atoms with Gasteiger partial charge in [0.05, 0.1) is 0 Å². The Labute approximate surface area is 109 Å². The zero-order valence-electron chi connectivity index (χ0n) is 9.76. The number of benzene rings is 1. The predicted octanol–water partition coefficient (Wildman–Crippen LogP) is 2.22. The van der Waals surface area contributed by atoms with Crippen LogP contribution in [0.3, 0.4) is 0 Å². The first-order valence-electron chi connectivity index (χ1n) is 5.50. The first-order chi connectivity index (χ1) is 8.74. The molecule has 2 aromatic rings. The van der Waals surface area contributed by atoms with E-state index in [4.69, 9.17) is 10.5 Å². The van der Waals surface area contributed by atoms with Gasteiger partial charge in [0.1, 0.15) is 5.75 Å². The fourth-order valence-electron chi connectivity index (χ4n) is 1.42.